The van der Waals surface area contributed by atoms with Crippen LogP contribution in [0.2, 0.25) is 0 Å². The number of benzene rings is 3. The van der Waals surface area contributed by atoms with Gasteiger partial charge in [-0.3, -0.25) is 9.69 Å². The van der Waals surface area contributed by atoms with Gasteiger partial charge in [0.15, 0.2) is 0 Å². The molecule has 1 amide bonds. The van der Waals surface area contributed by atoms with Crippen LogP contribution in [0.3, 0.4) is 0 Å². The number of amides is 1. The summed E-state index contributed by atoms with van der Waals surface area (Å²) < 4.78 is 5.14. The van der Waals surface area contributed by atoms with Crippen molar-refractivity contribution in [1.29, 1.82) is 0 Å². The molecule has 5 heteroatoms. The number of carbonyl (C=O) groups is 2. The third-order valence-corrected chi connectivity index (χ3v) is 5.78. The first-order chi connectivity index (χ1) is 15.6. The number of ether oxygens (including phenoxy) is 1. The van der Waals surface area contributed by atoms with Crippen LogP contribution in [0.1, 0.15) is 48.5 Å². The molecule has 0 unspecified atom stereocenters. The molecule has 0 aliphatic heterocycles. The zero-order valence-corrected chi connectivity index (χ0v) is 18.5. The number of nitrogens with zero attached hydrogens (tertiary/aromatic N) is 1. The highest BCUT2D eigenvalue weighted by Gasteiger charge is 2.29. The maximum Gasteiger partial charge on any atom is 0.338 e. The molecule has 1 N–H and O–H groups in total. The van der Waals surface area contributed by atoms with Crippen LogP contribution in [0.25, 0.3) is 10.8 Å². The van der Waals surface area contributed by atoms with E-state index < -0.39 is 0 Å². The van der Waals surface area contributed by atoms with Crippen molar-refractivity contribution in [2.75, 3.05) is 18.5 Å². The van der Waals surface area contributed by atoms with Crippen LogP contribution < -0.4 is 5.32 Å². The number of esters is 1. The van der Waals surface area contributed by atoms with Gasteiger partial charge in [0, 0.05) is 31.2 Å². The van der Waals surface area contributed by atoms with Gasteiger partial charge in [0.25, 0.3) is 0 Å². The molecule has 5 nitrogen and oxygen atoms in total. The molecule has 0 heterocycles. The number of nitrogens with one attached hydrogen (secondary N) is 1. The fourth-order valence-electron chi connectivity index (χ4n) is 3.92. The summed E-state index contributed by atoms with van der Waals surface area (Å²) in [7, 11) is 0. The van der Waals surface area contributed by atoms with E-state index in [2.05, 4.69) is 52.7 Å². The minimum Gasteiger partial charge on any atom is -0.462 e. The second-order valence-electron chi connectivity index (χ2n) is 8.35. The van der Waals surface area contributed by atoms with E-state index in [1.54, 1.807) is 24.3 Å². The summed E-state index contributed by atoms with van der Waals surface area (Å²) in [5.41, 5.74) is 2.49. The first-order valence-corrected chi connectivity index (χ1v) is 11.4. The highest BCUT2D eigenvalue weighted by atomic mass is 16.5. The topological polar surface area (TPSA) is 58.6 Å². The summed E-state index contributed by atoms with van der Waals surface area (Å²) in [6.07, 6.45) is 3.61. The molecule has 0 radical (unpaired) electrons. The molecular weight excluding hydrogens is 400 g/mol. The Morgan fingerprint density at radius 3 is 2.50 bits per heavy atom. The van der Waals surface area contributed by atoms with Crippen molar-refractivity contribution >= 4 is 28.3 Å². The minimum atomic E-state index is -0.335. The predicted molar refractivity (Wildman–Crippen MR) is 128 cm³/mol. The van der Waals surface area contributed by atoms with Gasteiger partial charge in [-0.15, -0.1) is 0 Å². The molecule has 0 saturated heterocycles. The van der Waals surface area contributed by atoms with Gasteiger partial charge >= 0.3 is 5.97 Å². The third kappa shape index (κ3) is 5.74. The third-order valence-electron chi connectivity index (χ3n) is 5.78. The largest absolute Gasteiger partial charge is 0.462 e. The number of hydrogen-bond acceptors (Lipinski definition) is 4. The first-order valence-electron chi connectivity index (χ1n) is 11.4. The van der Waals surface area contributed by atoms with Crippen molar-refractivity contribution in [3.8, 4) is 0 Å². The van der Waals surface area contributed by atoms with E-state index in [0.717, 1.165) is 19.5 Å². The zero-order chi connectivity index (χ0) is 22.3. The predicted octanol–water partition coefficient (Wildman–Crippen LogP) is 5.40. The van der Waals surface area contributed by atoms with Crippen LogP contribution in [-0.4, -0.2) is 36.0 Å². The Morgan fingerprint density at radius 2 is 1.75 bits per heavy atom. The molecule has 3 aromatic rings. The molecule has 0 aromatic heterocycles. The smallest absolute Gasteiger partial charge is 0.338 e. The van der Waals surface area contributed by atoms with E-state index in [1.165, 1.54) is 29.2 Å². The van der Waals surface area contributed by atoms with Crippen molar-refractivity contribution in [3.63, 3.8) is 0 Å². The lowest BCUT2D eigenvalue weighted by Crippen LogP contribution is -2.29. The summed E-state index contributed by atoms with van der Waals surface area (Å²) in [6.45, 7) is 3.95. The SMILES string of the molecule is CCCOC(=O)c1ccc(NC(=O)CCN(Cc2cccc3ccccc23)C2CC2)cc1. The normalized spacial score (nSPS) is 13.3. The van der Waals surface area contributed by atoms with E-state index in [9.17, 15) is 9.59 Å². The van der Waals surface area contributed by atoms with Crippen molar-refractivity contribution in [1.82, 2.24) is 4.90 Å². The van der Waals surface area contributed by atoms with Crippen molar-refractivity contribution in [2.24, 2.45) is 0 Å². The highest BCUT2D eigenvalue weighted by Crippen LogP contribution is 2.30. The summed E-state index contributed by atoms with van der Waals surface area (Å²) in [5.74, 6) is -0.354. The molecule has 32 heavy (non-hydrogen) atoms. The van der Waals surface area contributed by atoms with Gasteiger partial charge in [-0.2, -0.15) is 0 Å². The molecule has 0 spiro atoms. The Morgan fingerprint density at radius 1 is 1.00 bits per heavy atom. The molecular formula is C27H30N2O3. The van der Waals surface area contributed by atoms with E-state index in [-0.39, 0.29) is 11.9 Å². The summed E-state index contributed by atoms with van der Waals surface area (Å²) in [6, 6.07) is 22.3. The van der Waals surface area contributed by atoms with Gasteiger partial charge in [-0.1, -0.05) is 49.4 Å². The lowest BCUT2D eigenvalue weighted by Gasteiger charge is -2.22. The molecule has 3 aromatic carbocycles. The summed E-state index contributed by atoms with van der Waals surface area (Å²) in [5, 5.41) is 5.47. The average molecular weight is 431 g/mol. The van der Waals surface area contributed by atoms with Gasteiger partial charge in [0.1, 0.15) is 0 Å². The van der Waals surface area contributed by atoms with Crippen LogP contribution in [-0.2, 0) is 16.1 Å². The van der Waals surface area contributed by atoms with Gasteiger partial charge in [-0.05, 0) is 59.9 Å². The van der Waals surface area contributed by atoms with Crippen LogP contribution in [0.4, 0.5) is 5.69 Å². The van der Waals surface area contributed by atoms with Gasteiger partial charge in [-0.25, -0.2) is 4.79 Å². The lowest BCUT2D eigenvalue weighted by molar-refractivity contribution is -0.116. The van der Waals surface area contributed by atoms with Gasteiger partial charge in [0.2, 0.25) is 5.91 Å². The molecule has 166 valence electrons. The summed E-state index contributed by atoms with van der Waals surface area (Å²) >= 11 is 0. The van der Waals surface area contributed by atoms with Crippen molar-refractivity contribution in [3.05, 3.63) is 77.9 Å². The quantitative estimate of drug-likeness (QED) is 0.438. The Kier molecular flexibility index (Phi) is 7.17. The number of fused-ring (bicyclic) bond motifs is 1. The maximum absolute atomic E-state index is 12.6. The minimum absolute atomic E-state index is 0.0186. The molecule has 1 aliphatic rings. The van der Waals surface area contributed by atoms with Crippen LogP contribution in [0, 0.1) is 0 Å². The zero-order valence-electron chi connectivity index (χ0n) is 18.5. The maximum atomic E-state index is 12.6. The fourth-order valence-corrected chi connectivity index (χ4v) is 3.92. The second kappa shape index (κ2) is 10.4. The molecule has 0 bridgehead atoms. The van der Waals surface area contributed by atoms with E-state index in [1.807, 2.05) is 6.92 Å². The summed E-state index contributed by atoms with van der Waals surface area (Å²) in [4.78, 5) is 26.9. The highest BCUT2D eigenvalue weighted by molar-refractivity contribution is 5.93. The molecule has 1 aliphatic carbocycles. The number of rotatable bonds is 10. The number of hydrogen-bond donors (Lipinski definition) is 1. The van der Waals surface area contributed by atoms with E-state index in [0.29, 0.717) is 30.3 Å². The Hall–Kier alpha value is -3.18. The number of anilines is 1. The Bertz CT molecular complexity index is 1070. The second-order valence-corrected chi connectivity index (χ2v) is 8.35. The fraction of sp³-hybridized carbons (Fsp3) is 0.333. The van der Waals surface area contributed by atoms with Gasteiger partial charge in [0.05, 0.1) is 12.2 Å². The molecule has 1 saturated carbocycles. The van der Waals surface area contributed by atoms with Crippen molar-refractivity contribution < 1.29 is 14.3 Å². The van der Waals surface area contributed by atoms with Gasteiger partial charge < -0.3 is 10.1 Å². The molecule has 1 fully saturated rings. The first kappa shape index (κ1) is 22.0. The Labute approximate surface area is 189 Å². The van der Waals surface area contributed by atoms with Crippen LogP contribution in [0.5, 0.6) is 0 Å². The molecule has 0 atom stereocenters. The van der Waals surface area contributed by atoms with E-state index >= 15 is 0 Å². The average Bonchev–Trinajstić information content (AvgIpc) is 3.66. The Balaban J connectivity index is 1.32. The lowest BCUT2D eigenvalue weighted by atomic mass is 10.0. The monoisotopic (exact) mass is 430 g/mol. The van der Waals surface area contributed by atoms with E-state index in [4.69, 9.17) is 4.74 Å². The van der Waals surface area contributed by atoms with Crippen LogP contribution >= 0.6 is 0 Å². The van der Waals surface area contributed by atoms with Crippen LogP contribution in [0.15, 0.2) is 66.7 Å². The molecule has 4 rings (SSSR count). The van der Waals surface area contributed by atoms with Crippen molar-refractivity contribution in [2.45, 2.75) is 45.2 Å². The number of carbonyl (C=O) groups excluding carboxylic acids is 2. The standard InChI is InChI=1S/C27H30N2O3/c1-2-18-32-27(31)21-10-12-23(13-11-21)28-26(30)16-17-29(24-14-15-24)19-22-8-5-7-20-6-3-4-9-25(20)22/h3-13,24H,2,14-19H2,1H3,(H,28,30).